The SMILES string of the molecule is COC(=O)c1ccc(C2(CP(=O)(c3ccccc3)c3ccccc3)CC2)cc1. The molecular formula is C24H23O3P. The van der Waals surface area contributed by atoms with E-state index in [0.29, 0.717) is 11.7 Å². The fourth-order valence-corrected chi connectivity index (χ4v) is 7.18. The van der Waals surface area contributed by atoms with Crippen LogP contribution in [0.2, 0.25) is 0 Å². The van der Waals surface area contributed by atoms with Crippen molar-refractivity contribution in [2.45, 2.75) is 18.3 Å². The highest BCUT2D eigenvalue weighted by Gasteiger charge is 2.49. The van der Waals surface area contributed by atoms with Gasteiger partial charge >= 0.3 is 5.97 Å². The molecule has 4 heteroatoms. The van der Waals surface area contributed by atoms with E-state index in [-0.39, 0.29) is 11.4 Å². The number of benzene rings is 3. The lowest BCUT2D eigenvalue weighted by Crippen LogP contribution is -2.25. The van der Waals surface area contributed by atoms with Crippen LogP contribution in [-0.2, 0) is 14.7 Å². The summed E-state index contributed by atoms with van der Waals surface area (Å²) in [6.45, 7) is 0. The molecule has 1 aliphatic rings. The zero-order chi connectivity index (χ0) is 19.6. The standard InChI is InChI=1S/C24H23O3P/c1-27-23(25)19-12-14-20(15-13-19)24(16-17-24)18-28(26,21-8-4-2-5-9-21)22-10-6-3-7-11-22/h2-15H,16-18H2,1H3. The van der Waals surface area contributed by atoms with Crippen LogP contribution in [0, 0.1) is 0 Å². The zero-order valence-corrected chi connectivity index (χ0v) is 16.8. The summed E-state index contributed by atoms with van der Waals surface area (Å²) in [5.41, 5.74) is 1.58. The molecule has 1 fully saturated rings. The van der Waals surface area contributed by atoms with E-state index in [1.54, 1.807) is 12.1 Å². The molecule has 1 aliphatic carbocycles. The second kappa shape index (κ2) is 7.41. The molecule has 0 aliphatic heterocycles. The van der Waals surface area contributed by atoms with Crippen LogP contribution in [0.25, 0.3) is 0 Å². The maximum atomic E-state index is 14.4. The van der Waals surface area contributed by atoms with Crippen LogP contribution in [0.15, 0.2) is 84.9 Å². The lowest BCUT2D eigenvalue weighted by atomic mass is 9.97. The van der Waals surface area contributed by atoms with Gasteiger partial charge in [-0.25, -0.2) is 4.79 Å². The minimum absolute atomic E-state index is 0.101. The van der Waals surface area contributed by atoms with Gasteiger partial charge in [0.1, 0.15) is 7.14 Å². The van der Waals surface area contributed by atoms with Gasteiger partial charge in [0.2, 0.25) is 0 Å². The van der Waals surface area contributed by atoms with Crippen LogP contribution in [0.5, 0.6) is 0 Å². The van der Waals surface area contributed by atoms with Gasteiger partial charge in [-0.05, 0) is 30.5 Å². The van der Waals surface area contributed by atoms with Gasteiger partial charge in [0.05, 0.1) is 12.7 Å². The van der Waals surface area contributed by atoms with E-state index in [4.69, 9.17) is 4.74 Å². The largest absolute Gasteiger partial charge is 0.465 e. The zero-order valence-electron chi connectivity index (χ0n) is 15.9. The monoisotopic (exact) mass is 390 g/mol. The summed E-state index contributed by atoms with van der Waals surface area (Å²) in [6.07, 6.45) is 2.62. The molecule has 0 radical (unpaired) electrons. The van der Waals surface area contributed by atoms with Crippen LogP contribution in [0.3, 0.4) is 0 Å². The van der Waals surface area contributed by atoms with Crippen LogP contribution < -0.4 is 10.6 Å². The first-order chi connectivity index (χ1) is 13.6. The van der Waals surface area contributed by atoms with Crippen molar-refractivity contribution < 1.29 is 14.1 Å². The number of ether oxygens (including phenoxy) is 1. The first kappa shape index (κ1) is 18.7. The van der Waals surface area contributed by atoms with Crippen molar-refractivity contribution in [2.75, 3.05) is 13.3 Å². The van der Waals surface area contributed by atoms with Crippen LogP contribution in [0.1, 0.15) is 28.8 Å². The molecule has 0 heterocycles. The van der Waals surface area contributed by atoms with Crippen molar-refractivity contribution in [1.82, 2.24) is 0 Å². The quantitative estimate of drug-likeness (QED) is 0.459. The summed E-state index contributed by atoms with van der Waals surface area (Å²) in [6, 6.07) is 27.2. The molecule has 3 aromatic carbocycles. The Morgan fingerprint density at radius 2 is 1.36 bits per heavy atom. The maximum Gasteiger partial charge on any atom is 0.337 e. The van der Waals surface area contributed by atoms with Crippen molar-refractivity contribution in [3.63, 3.8) is 0 Å². The summed E-state index contributed by atoms with van der Waals surface area (Å²) in [7, 11) is -1.39. The molecule has 0 unspecified atom stereocenters. The van der Waals surface area contributed by atoms with E-state index in [1.165, 1.54) is 7.11 Å². The fourth-order valence-electron chi connectivity index (χ4n) is 3.86. The van der Waals surface area contributed by atoms with Crippen molar-refractivity contribution in [1.29, 1.82) is 0 Å². The molecule has 3 aromatic rings. The Bertz CT molecular complexity index is 963. The average molecular weight is 390 g/mol. The summed E-state index contributed by atoms with van der Waals surface area (Å²) in [4.78, 5) is 11.7. The van der Waals surface area contributed by atoms with Crippen LogP contribution in [0.4, 0.5) is 0 Å². The summed E-state index contributed by atoms with van der Waals surface area (Å²) in [5.74, 6) is -0.337. The summed E-state index contributed by atoms with van der Waals surface area (Å²) < 4.78 is 19.2. The van der Waals surface area contributed by atoms with Crippen molar-refractivity contribution in [3.05, 3.63) is 96.1 Å². The number of hydrogen-bond donors (Lipinski definition) is 0. The fraction of sp³-hybridized carbons (Fsp3) is 0.208. The Balaban J connectivity index is 1.71. The molecule has 4 rings (SSSR count). The third-order valence-corrected chi connectivity index (χ3v) is 8.96. The molecule has 0 bridgehead atoms. The van der Waals surface area contributed by atoms with E-state index < -0.39 is 7.14 Å². The van der Waals surface area contributed by atoms with Gasteiger partial charge in [-0.2, -0.15) is 0 Å². The average Bonchev–Trinajstić information content (AvgIpc) is 3.55. The molecule has 0 atom stereocenters. The minimum atomic E-state index is -2.78. The Morgan fingerprint density at radius 3 is 1.79 bits per heavy atom. The van der Waals surface area contributed by atoms with Gasteiger partial charge in [0.15, 0.2) is 0 Å². The van der Waals surface area contributed by atoms with E-state index in [9.17, 15) is 9.36 Å². The van der Waals surface area contributed by atoms with Gasteiger partial charge in [-0.3, -0.25) is 0 Å². The third-order valence-electron chi connectivity index (χ3n) is 5.64. The topological polar surface area (TPSA) is 43.4 Å². The molecule has 0 spiro atoms. The summed E-state index contributed by atoms with van der Waals surface area (Å²) >= 11 is 0. The molecule has 0 saturated heterocycles. The first-order valence-electron chi connectivity index (χ1n) is 9.47. The predicted molar refractivity (Wildman–Crippen MR) is 113 cm³/mol. The molecule has 0 aromatic heterocycles. The molecular weight excluding hydrogens is 367 g/mol. The van der Waals surface area contributed by atoms with E-state index in [1.807, 2.05) is 72.8 Å². The Kier molecular flexibility index (Phi) is 4.95. The van der Waals surface area contributed by atoms with E-state index >= 15 is 0 Å². The van der Waals surface area contributed by atoms with Gasteiger partial charge in [0.25, 0.3) is 0 Å². The number of methoxy groups -OCH3 is 1. The second-order valence-corrected chi connectivity index (χ2v) is 10.2. The molecule has 1 saturated carbocycles. The highest BCUT2D eigenvalue weighted by Crippen LogP contribution is 2.59. The van der Waals surface area contributed by atoms with Crippen molar-refractivity contribution >= 4 is 23.7 Å². The van der Waals surface area contributed by atoms with Gasteiger partial charge < -0.3 is 9.30 Å². The smallest absolute Gasteiger partial charge is 0.337 e. The van der Waals surface area contributed by atoms with Crippen LogP contribution in [-0.4, -0.2) is 19.2 Å². The lowest BCUT2D eigenvalue weighted by molar-refractivity contribution is 0.0600. The van der Waals surface area contributed by atoms with Gasteiger partial charge in [-0.15, -0.1) is 0 Å². The third kappa shape index (κ3) is 3.43. The number of carbonyl (C=O) groups is 1. The summed E-state index contributed by atoms with van der Waals surface area (Å²) in [5, 5.41) is 1.80. The number of esters is 1. The normalized spacial score (nSPS) is 15.0. The molecule has 28 heavy (non-hydrogen) atoms. The van der Waals surface area contributed by atoms with Crippen LogP contribution >= 0.6 is 7.14 Å². The predicted octanol–water partition coefficient (Wildman–Crippen LogP) is 4.52. The number of hydrogen-bond acceptors (Lipinski definition) is 3. The maximum absolute atomic E-state index is 14.4. The highest BCUT2D eigenvalue weighted by atomic mass is 31.2. The molecule has 3 nitrogen and oxygen atoms in total. The molecule has 0 N–H and O–H groups in total. The Labute approximate surface area is 165 Å². The lowest BCUT2D eigenvalue weighted by Gasteiger charge is -2.25. The molecule has 142 valence electrons. The first-order valence-corrected chi connectivity index (χ1v) is 11.4. The minimum Gasteiger partial charge on any atom is -0.465 e. The number of carbonyl (C=O) groups excluding carboxylic acids is 1. The van der Waals surface area contributed by atoms with Gasteiger partial charge in [0, 0.05) is 22.2 Å². The van der Waals surface area contributed by atoms with E-state index in [0.717, 1.165) is 29.0 Å². The Hall–Kier alpha value is -2.64. The van der Waals surface area contributed by atoms with E-state index in [2.05, 4.69) is 0 Å². The highest BCUT2D eigenvalue weighted by molar-refractivity contribution is 7.78. The second-order valence-electron chi connectivity index (χ2n) is 7.42. The van der Waals surface area contributed by atoms with Gasteiger partial charge in [-0.1, -0.05) is 72.8 Å². The Morgan fingerprint density at radius 1 is 0.857 bits per heavy atom. The number of rotatable bonds is 6. The molecule has 0 amide bonds. The van der Waals surface area contributed by atoms with Crippen molar-refractivity contribution in [2.24, 2.45) is 0 Å². The van der Waals surface area contributed by atoms with Crippen molar-refractivity contribution in [3.8, 4) is 0 Å².